The van der Waals surface area contributed by atoms with Gasteiger partial charge in [-0.1, -0.05) is 13.3 Å². The Bertz CT molecular complexity index is 130. The molecule has 2 nitrogen and oxygen atoms in total. The Kier molecular flexibility index (Phi) is 8.73. The third-order valence-electron chi connectivity index (χ3n) is 2.57. The second-order valence-electron chi connectivity index (χ2n) is 4.15. The molecule has 0 rings (SSSR count). The number of aliphatic hydroxyl groups is 1. The molecule has 0 amide bonds. The molecule has 86 valence electrons. The summed E-state index contributed by atoms with van der Waals surface area (Å²) in [6.07, 6.45) is 2.45. The molecular formula is C11H25NOS. The fourth-order valence-corrected chi connectivity index (χ4v) is 1.97. The van der Waals surface area contributed by atoms with E-state index in [1.54, 1.807) is 0 Å². The lowest BCUT2D eigenvalue weighted by Gasteiger charge is -2.29. The van der Waals surface area contributed by atoms with Gasteiger partial charge in [0.1, 0.15) is 0 Å². The summed E-state index contributed by atoms with van der Waals surface area (Å²) in [6, 6.07) is 0.515. The van der Waals surface area contributed by atoms with Gasteiger partial charge in [0.2, 0.25) is 0 Å². The Balaban J connectivity index is 3.97. The highest BCUT2D eigenvalue weighted by atomic mass is 32.1. The molecule has 0 aromatic carbocycles. The molecule has 0 aliphatic rings. The first-order chi connectivity index (χ1) is 6.65. The van der Waals surface area contributed by atoms with Gasteiger partial charge in [-0.3, -0.25) is 4.90 Å². The molecule has 0 spiro atoms. The SMILES string of the molecule is CCCC(CS)CN(CCO)C(C)C. The molecule has 0 aromatic rings. The van der Waals surface area contributed by atoms with E-state index in [-0.39, 0.29) is 6.61 Å². The summed E-state index contributed by atoms with van der Waals surface area (Å²) in [5, 5.41) is 8.94. The van der Waals surface area contributed by atoms with Crippen molar-refractivity contribution < 1.29 is 5.11 Å². The summed E-state index contributed by atoms with van der Waals surface area (Å²) in [6.45, 7) is 8.67. The van der Waals surface area contributed by atoms with Crippen molar-refractivity contribution in [3.05, 3.63) is 0 Å². The smallest absolute Gasteiger partial charge is 0.0558 e. The first kappa shape index (κ1) is 14.3. The lowest BCUT2D eigenvalue weighted by molar-refractivity contribution is 0.147. The van der Waals surface area contributed by atoms with E-state index in [0.29, 0.717) is 12.0 Å². The van der Waals surface area contributed by atoms with Crippen LogP contribution < -0.4 is 0 Å². The Labute approximate surface area is 94.1 Å². The van der Waals surface area contributed by atoms with Crippen LogP contribution in [-0.4, -0.2) is 41.5 Å². The quantitative estimate of drug-likeness (QED) is 0.610. The lowest BCUT2D eigenvalue weighted by atomic mass is 10.0. The van der Waals surface area contributed by atoms with E-state index >= 15 is 0 Å². The second-order valence-corrected chi connectivity index (χ2v) is 4.51. The fourth-order valence-electron chi connectivity index (χ4n) is 1.67. The van der Waals surface area contributed by atoms with Crippen LogP contribution >= 0.6 is 12.6 Å². The van der Waals surface area contributed by atoms with E-state index in [0.717, 1.165) is 18.8 Å². The van der Waals surface area contributed by atoms with Gasteiger partial charge in [0.15, 0.2) is 0 Å². The average molecular weight is 219 g/mol. The molecule has 0 aliphatic heterocycles. The van der Waals surface area contributed by atoms with Gasteiger partial charge in [0.25, 0.3) is 0 Å². The predicted octanol–water partition coefficient (Wildman–Crippen LogP) is 2.04. The minimum absolute atomic E-state index is 0.254. The van der Waals surface area contributed by atoms with Gasteiger partial charge in [-0.2, -0.15) is 12.6 Å². The van der Waals surface area contributed by atoms with Crippen LogP contribution in [0.5, 0.6) is 0 Å². The standard InChI is InChI=1S/C11H25NOS/c1-4-5-11(9-14)8-12(6-7-13)10(2)3/h10-11,13-14H,4-9H2,1-3H3. The zero-order valence-electron chi connectivity index (χ0n) is 9.74. The summed E-state index contributed by atoms with van der Waals surface area (Å²) in [5.74, 6) is 1.61. The molecule has 0 bridgehead atoms. The van der Waals surface area contributed by atoms with Gasteiger partial charge in [-0.15, -0.1) is 0 Å². The number of hydrogen-bond donors (Lipinski definition) is 2. The number of aliphatic hydroxyl groups excluding tert-OH is 1. The van der Waals surface area contributed by atoms with Crippen LogP contribution in [0.4, 0.5) is 0 Å². The normalized spacial score (nSPS) is 13.9. The molecule has 0 saturated heterocycles. The maximum atomic E-state index is 8.94. The molecule has 0 heterocycles. The summed E-state index contributed by atoms with van der Waals surface area (Å²) in [7, 11) is 0. The molecule has 0 aromatic heterocycles. The van der Waals surface area contributed by atoms with Gasteiger partial charge < -0.3 is 5.11 Å². The zero-order chi connectivity index (χ0) is 11.0. The van der Waals surface area contributed by atoms with Gasteiger partial charge >= 0.3 is 0 Å². The molecular weight excluding hydrogens is 194 g/mol. The minimum atomic E-state index is 0.254. The first-order valence-corrected chi connectivity index (χ1v) is 6.24. The van der Waals surface area contributed by atoms with Crippen LogP contribution in [0.25, 0.3) is 0 Å². The van der Waals surface area contributed by atoms with Crippen molar-refractivity contribution in [3.63, 3.8) is 0 Å². The summed E-state index contributed by atoms with van der Waals surface area (Å²) in [4.78, 5) is 2.33. The van der Waals surface area contributed by atoms with Crippen molar-refractivity contribution in [2.75, 3.05) is 25.4 Å². The molecule has 0 fully saturated rings. The molecule has 0 radical (unpaired) electrons. The van der Waals surface area contributed by atoms with Gasteiger partial charge in [-0.25, -0.2) is 0 Å². The molecule has 1 atom stereocenters. The van der Waals surface area contributed by atoms with E-state index < -0.39 is 0 Å². The van der Waals surface area contributed by atoms with Gasteiger partial charge in [-0.05, 0) is 31.9 Å². The van der Waals surface area contributed by atoms with Gasteiger partial charge in [0, 0.05) is 19.1 Å². The van der Waals surface area contributed by atoms with E-state index in [4.69, 9.17) is 5.11 Å². The van der Waals surface area contributed by atoms with E-state index in [1.165, 1.54) is 12.8 Å². The zero-order valence-corrected chi connectivity index (χ0v) is 10.6. The number of hydrogen-bond acceptors (Lipinski definition) is 3. The van der Waals surface area contributed by atoms with Crippen LogP contribution in [0.1, 0.15) is 33.6 Å². The lowest BCUT2D eigenvalue weighted by Crippen LogP contribution is -2.38. The predicted molar refractivity (Wildman–Crippen MR) is 66.0 cm³/mol. The highest BCUT2D eigenvalue weighted by molar-refractivity contribution is 7.80. The van der Waals surface area contributed by atoms with E-state index in [2.05, 4.69) is 38.3 Å². The second kappa shape index (κ2) is 8.57. The molecule has 1 unspecified atom stereocenters. The van der Waals surface area contributed by atoms with Crippen LogP contribution in [0.15, 0.2) is 0 Å². The number of thiol groups is 1. The topological polar surface area (TPSA) is 23.5 Å². The number of nitrogens with zero attached hydrogens (tertiary/aromatic N) is 1. The molecule has 0 aliphatic carbocycles. The van der Waals surface area contributed by atoms with Crippen molar-refractivity contribution in [1.82, 2.24) is 4.90 Å². The van der Waals surface area contributed by atoms with Crippen molar-refractivity contribution >= 4 is 12.6 Å². The maximum absolute atomic E-state index is 8.94. The third kappa shape index (κ3) is 5.89. The minimum Gasteiger partial charge on any atom is -0.395 e. The Hall–Kier alpha value is 0.270. The highest BCUT2D eigenvalue weighted by Crippen LogP contribution is 2.12. The van der Waals surface area contributed by atoms with E-state index in [9.17, 15) is 0 Å². The Morgan fingerprint density at radius 2 is 2.00 bits per heavy atom. The van der Waals surface area contributed by atoms with Crippen molar-refractivity contribution in [2.24, 2.45) is 5.92 Å². The fraction of sp³-hybridized carbons (Fsp3) is 1.00. The van der Waals surface area contributed by atoms with Crippen molar-refractivity contribution in [1.29, 1.82) is 0 Å². The Morgan fingerprint density at radius 3 is 2.36 bits per heavy atom. The van der Waals surface area contributed by atoms with Gasteiger partial charge in [0.05, 0.1) is 6.61 Å². The molecule has 3 heteroatoms. The van der Waals surface area contributed by atoms with Crippen LogP contribution in [0.2, 0.25) is 0 Å². The largest absolute Gasteiger partial charge is 0.395 e. The van der Waals surface area contributed by atoms with Crippen molar-refractivity contribution in [3.8, 4) is 0 Å². The molecule has 1 N–H and O–H groups in total. The summed E-state index contributed by atoms with van der Waals surface area (Å²) < 4.78 is 0. The summed E-state index contributed by atoms with van der Waals surface area (Å²) in [5.41, 5.74) is 0. The number of rotatable bonds is 8. The average Bonchev–Trinajstić information content (AvgIpc) is 2.15. The third-order valence-corrected chi connectivity index (χ3v) is 3.08. The molecule has 14 heavy (non-hydrogen) atoms. The van der Waals surface area contributed by atoms with E-state index in [1.807, 2.05) is 0 Å². The van der Waals surface area contributed by atoms with Crippen molar-refractivity contribution in [2.45, 2.75) is 39.7 Å². The molecule has 0 saturated carbocycles. The maximum Gasteiger partial charge on any atom is 0.0558 e. The highest BCUT2D eigenvalue weighted by Gasteiger charge is 2.14. The monoisotopic (exact) mass is 219 g/mol. The first-order valence-electron chi connectivity index (χ1n) is 5.61. The van der Waals surface area contributed by atoms with Crippen LogP contribution in [0.3, 0.4) is 0 Å². The Morgan fingerprint density at radius 1 is 1.36 bits per heavy atom. The van der Waals surface area contributed by atoms with Crippen LogP contribution in [-0.2, 0) is 0 Å². The summed E-state index contributed by atoms with van der Waals surface area (Å²) >= 11 is 4.37. The van der Waals surface area contributed by atoms with Crippen LogP contribution in [0, 0.1) is 5.92 Å².